The van der Waals surface area contributed by atoms with Crippen molar-refractivity contribution >= 4 is 130 Å². The molecule has 24 nitrogen and oxygen atoms in total. The molecule has 5 aliphatic rings. The number of amides is 5. The average Bonchev–Trinajstić information content (AvgIpc) is 1.64. The number of nitrogens with zero attached hydrogens (tertiary/aromatic N) is 8. The maximum absolute atomic E-state index is 13.5. The van der Waals surface area contributed by atoms with E-state index in [1.54, 1.807) is 111 Å². The minimum atomic E-state index is -1.91. The first kappa shape index (κ1) is 85.1. The number of hydrogen-bond acceptors (Lipinski definition) is 18. The van der Waals surface area contributed by atoms with E-state index in [1.165, 1.54) is 4.90 Å². The summed E-state index contributed by atoms with van der Waals surface area (Å²) in [5, 5.41) is 46.2. The lowest BCUT2D eigenvalue weighted by molar-refractivity contribution is -0.167. The summed E-state index contributed by atoms with van der Waals surface area (Å²) < 4.78 is 25.4. The number of aliphatic hydroxyl groups excluding tert-OH is 2. The molecule has 7 N–H and O–H groups in total. The highest BCUT2D eigenvalue weighted by atomic mass is 79.9. The molecule has 0 aliphatic carbocycles. The first-order chi connectivity index (χ1) is 52.0. The first-order valence-electron chi connectivity index (χ1n) is 34.7. The topological polar surface area (TPSA) is 335 Å². The summed E-state index contributed by atoms with van der Waals surface area (Å²) in [7, 11) is 0. The molecule has 0 saturated carbocycles. The Kier molecular flexibility index (Phi) is 31.1. The lowest BCUT2D eigenvalue weighted by Crippen LogP contribution is -2.50. The number of aliphatic carboxylic acids is 1. The number of rotatable bonds is 16. The fraction of sp³-hybridized carbons (Fsp3) is 0.346. The van der Waals surface area contributed by atoms with Crippen LogP contribution in [0.5, 0.6) is 0 Å². The van der Waals surface area contributed by atoms with Gasteiger partial charge in [0.25, 0.3) is 29.5 Å². The van der Waals surface area contributed by atoms with Crippen LogP contribution in [0.15, 0.2) is 184 Å². The second-order valence-corrected chi connectivity index (χ2v) is 30.9. The first-order valence-corrected chi connectivity index (χ1v) is 38.6. The Morgan fingerprint density at radius 2 is 0.972 bits per heavy atom. The van der Waals surface area contributed by atoms with Gasteiger partial charge in [-0.3, -0.25) is 38.9 Å². The third-order valence-electron chi connectivity index (χ3n) is 17.8. The molecule has 9 atom stereocenters. The Balaban J connectivity index is 0.000000170. The molecule has 0 bridgehead atoms. The van der Waals surface area contributed by atoms with E-state index in [0.29, 0.717) is 69.8 Å². The fourth-order valence-corrected chi connectivity index (χ4v) is 14.3. The summed E-state index contributed by atoms with van der Waals surface area (Å²) in [4.78, 5) is 97.5. The van der Waals surface area contributed by atoms with Crippen LogP contribution in [-0.4, -0.2) is 153 Å². The molecule has 3 unspecified atom stereocenters. The Hall–Kier alpha value is -7.89. The number of likely N-dealkylation sites (tertiary alicyclic amines) is 3. The predicted molar refractivity (Wildman–Crippen MR) is 420 cm³/mol. The van der Waals surface area contributed by atoms with E-state index in [9.17, 15) is 44.1 Å². The van der Waals surface area contributed by atoms with E-state index in [-0.39, 0.29) is 43.0 Å². The van der Waals surface area contributed by atoms with Crippen LogP contribution in [0.1, 0.15) is 124 Å². The van der Waals surface area contributed by atoms with Crippen LogP contribution in [0.4, 0.5) is 0 Å². The zero-order chi connectivity index (χ0) is 78.7. The second-order valence-electron chi connectivity index (χ2n) is 26.5. The van der Waals surface area contributed by atoms with E-state index in [4.69, 9.17) is 76.3 Å². The van der Waals surface area contributed by atoms with Crippen molar-refractivity contribution in [1.82, 2.24) is 45.3 Å². The number of ether oxygens (including phenoxy) is 4. The molecule has 574 valence electrons. The standard InChI is InChI=1S/C26H25Cl2N3O4.C23H25BrClN3O4.C17H20ClNO5.C6H7BrN2.C6H3BrN2/c27-18-6-3-5-16(13-18)22-9-4-12-31(22)26(35)24(33)23(32)25(34)30-15-19-11-10-17(14-29-19)20-7-1-2-8-21(20)28;1-23(2)31-19(21(29)27-13-17-9-8-15(24)12-26-17)20(32-23)22(30)28-10-4-7-18(28)14-5-3-6-16(25)11-14;1-17(2)23-13(14(24-17)16(21)22)15(20)19-8-4-7-12(19)10-5-3-6-11(18)9-10;2*7-5-1-2-6(3-8)9-4-5/h1-3,5-8,10-11,13-14,22-24,32-33H,4,9,12,15H2,(H,30,34);3,5-6,8-9,11-12,18-20H,4,7,10,13H2,1-2H3,(H,27,29);3,5-6,9,12-14H,4,7-8H2,1-2H3,(H,21,22);1-2,4H,3,8H2;1-2,4H/t22?,23-,24-;18?,19-,20-;12?,13-,14-;;/m111../s1. The Morgan fingerprint density at radius 1 is 0.541 bits per heavy atom. The van der Waals surface area contributed by atoms with E-state index in [1.807, 2.05) is 103 Å². The molecule has 5 amide bonds. The SMILES string of the molecule is CC1(C)O[C@@H](C(=O)NCc2ccc(Br)cn2)[C@H](C(=O)N2CCCC2c2cccc(Cl)c2)O1.CC1(C)O[C@@H](C(=O)O)[C@H](C(=O)N2CCCC2c2cccc(Cl)c2)O1.N#Cc1ccc(Br)cn1.NCc1ccc(Br)cn1.O=C(NCc1ccc(-c2ccccc2Cl)cn1)[C@H](O)[C@@H](O)C(=O)N1CCCC1c1cccc(Cl)c1. The normalized spacial score (nSPS) is 20.6. The van der Waals surface area contributed by atoms with Crippen LogP contribution in [0.25, 0.3) is 11.1 Å². The van der Waals surface area contributed by atoms with Crippen molar-refractivity contribution in [3.8, 4) is 17.2 Å². The van der Waals surface area contributed by atoms with Crippen molar-refractivity contribution in [1.29, 1.82) is 5.26 Å². The molecule has 0 spiro atoms. The zero-order valence-corrected chi connectivity index (χ0v) is 67.4. The lowest BCUT2D eigenvalue weighted by Gasteiger charge is -2.28. The number of nitriles is 1. The van der Waals surface area contributed by atoms with Gasteiger partial charge in [0, 0.05) is 95.6 Å². The molecular formula is C78H80Br3Cl4N11O13. The molecule has 5 aliphatic heterocycles. The molecule has 13 rings (SSSR count). The molecule has 8 aromatic rings. The molecule has 31 heteroatoms. The summed E-state index contributed by atoms with van der Waals surface area (Å²) in [5.74, 6) is -5.92. The number of carbonyl (C=O) groups is 6. The molecule has 5 saturated heterocycles. The number of carbonyl (C=O) groups excluding carboxylic acids is 5. The maximum atomic E-state index is 13.5. The number of carboxylic acid groups (broad SMARTS) is 1. The van der Waals surface area contributed by atoms with Gasteiger partial charge < -0.3 is 65.3 Å². The molecule has 5 fully saturated rings. The quantitative estimate of drug-likeness (QED) is 0.0523. The van der Waals surface area contributed by atoms with Gasteiger partial charge in [0.2, 0.25) is 0 Å². The van der Waals surface area contributed by atoms with Crippen molar-refractivity contribution < 1.29 is 63.0 Å². The van der Waals surface area contributed by atoms with Crippen molar-refractivity contribution in [3.63, 3.8) is 0 Å². The number of carboxylic acids is 1. The van der Waals surface area contributed by atoms with Gasteiger partial charge >= 0.3 is 5.97 Å². The van der Waals surface area contributed by atoms with Crippen molar-refractivity contribution in [2.75, 3.05) is 19.6 Å². The third kappa shape index (κ3) is 23.8. The highest BCUT2D eigenvalue weighted by Gasteiger charge is 2.53. The predicted octanol–water partition coefficient (Wildman–Crippen LogP) is 13.4. The molecular weight excluding hydrogens is 1680 g/mol. The van der Waals surface area contributed by atoms with E-state index < -0.39 is 71.9 Å². The molecule has 4 aromatic heterocycles. The van der Waals surface area contributed by atoms with Gasteiger partial charge in [0.05, 0.1) is 48.3 Å². The minimum Gasteiger partial charge on any atom is -0.479 e. The fourth-order valence-electron chi connectivity index (χ4n) is 12.7. The van der Waals surface area contributed by atoms with E-state index >= 15 is 0 Å². The van der Waals surface area contributed by atoms with Crippen LogP contribution in [0, 0.1) is 11.3 Å². The number of pyridine rings is 4. The highest BCUT2D eigenvalue weighted by molar-refractivity contribution is 9.11. The van der Waals surface area contributed by atoms with Crippen molar-refractivity contribution in [3.05, 3.63) is 243 Å². The van der Waals surface area contributed by atoms with Gasteiger partial charge in [0.15, 0.2) is 48.2 Å². The van der Waals surface area contributed by atoms with Crippen molar-refractivity contribution in [2.45, 2.75) is 152 Å². The van der Waals surface area contributed by atoms with Gasteiger partial charge in [0.1, 0.15) is 11.8 Å². The van der Waals surface area contributed by atoms with Crippen molar-refractivity contribution in [2.24, 2.45) is 5.73 Å². The van der Waals surface area contributed by atoms with Gasteiger partial charge in [-0.15, -0.1) is 0 Å². The van der Waals surface area contributed by atoms with E-state index in [2.05, 4.69) is 78.4 Å². The minimum absolute atomic E-state index is 0.0223. The summed E-state index contributed by atoms with van der Waals surface area (Å²) in [6.07, 6.45) is 3.12. The monoisotopic (exact) mass is 1760 g/mol. The average molecular weight is 1760 g/mol. The molecule has 0 radical (unpaired) electrons. The molecule has 4 aromatic carbocycles. The van der Waals surface area contributed by atoms with Gasteiger partial charge in [-0.25, -0.2) is 9.78 Å². The maximum Gasteiger partial charge on any atom is 0.336 e. The Morgan fingerprint density at radius 3 is 1.41 bits per heavy atom. The number of aromatic nitrogens is 4. The summed E-state index contributed by atoms with van der Waals surface area (Å²) >= 11 is 34.3. The van der Waals surface area contributed by atoms with E-state index in [0.717, 1.165) is 79.0 Å². The third-order valence-corrected chi connectivity index (χ3v) is 20.3. The molecule has 9 heterocycles. The van der Waals surface area contributed by atoms with Gasteiger partial charge in [-0.05, 0) is 216 Å². The highest BCUT2D eigenvalue weighted by Crippen LogP contribution is 2.40. The number of aliphatic hydroxyl groups is 2. The summed E-state index contributed by atoms with van der Waals surface area (Å²) in [5.41, 5.74) is 12.4. The number of halogens is 7. The van der Waals surface area contributed by atoms with Crippen LogP contribution >= 0.6 is 94.2 Å². The number of nitrogens with two attached hydrogens (primary N) is 1. The summed E-state index contributed by atoms with van der Waals surface area (Å²) in [6, 6.07) is 45.4. The zero-order valence-electron chi connectivity index (χ0n) is 59.6. The van der Waals surface area contributed by atoms with Gasteiger partial charge in [-0.1, -0.05) is 107 Å². The molecule has 109 heavy (non-hydrogen) atoms. The van der Waals surface area contributed by atoms with Crippen LogP contribution in [-0.2, 0) is 67.3 Å². The lowest BCUT2D eigenvalue weighted by atomic mass is 10.0. The second kappa shape index (κ2) is 39.8. The van der Waals surface area contributed by atoms with Crippen LogP contribution in [0.2, 0.25) is 20.1 Å². The number of nitrogens with one attached hydrogen (secondary N) is 2. The number of benzene rings is 4. The number of hydrogen-bond donors (Lipinski definition) is 6. The van der Waals surface area contributed by atoms with Crippen LogP contribution in [0.3, 0.4) is 0 Å². The largest absolute Gasteiger partial charge is 0.479 e. The Labute approximate surface area is 676 Å². The smallest absolute Gasteiger partial charge is 0.336 e. The van der Waals surface area contributed by atoms with Gasteiger partial charge in [-0.2, -0.15) is 5.26 Å². The Bertz CT molecular complexity index is 4500. The van der Waals surface area contributed by atoms with Crippen LogP contribution < -0.4 is 16.4 Å². The summed E-state index contributed by atoms with van der Waals surface area (Å²) in [6.45, 7) is 8.94.